The van der Waals surface area contributed by atoms with E-state index in [9.17, 15) is 0 Å². The molecule has 0 aliphatic carbocycles. The zero-order valence-corrected chi connectivity index (χ0v) is 13.8. The number of benzene rings is 1. The van der Waals surface area contributed by atoms with E-state index in [1.807, 2.05) is 4.52 Å². The SMILES string of the molecule is Cc1cccc(-c2cc(CN3CCOCC3)n3ncnc(N)c23)c1. The molecule has 0 unspecified atom stereocenters. The molecular weight excluding hydrogens is 302 g/mol. The highest BCUT2D eigenvalue weighted by molar-refractivity contribution is 5.88. The van der Waals surface area contributed by atoms with Gasteiger partial charge in [0.25, 0.3) is 0 Å². The van der Waals surface area contributed by atoms with Crippen LogP contribution in [-0.4, -0.2) is 45.8 Å². The molecule has 3 aromatic rings. The van der Waals surface area contributed by atoms with E-state index < -0.39 is 0 Å². The summed E-state index contributed by atoms with van der Waals surface area (Å²) in [5, 5.41) is 4.44. The van der Waals surface area contributed by atoms with Gasteiger partial charge in [-0.1, -0.05) is 29.8 Å². The molecule has 0 atom stereocenters. The molecule has 1 aliphatic rings. The van der Waals surface area contributed by atoms with Crippen LogP contribution in [-0.2, 0) is 11.3 Å². The van der Waals surface area contributed by atoms with E-state index in [0.29, 0.717) is 5.82 Å². The third-order valence-electron chi connectivity index (χ3n) is 4.47. The van der Waals surface area contributed by atoms with Gasteiger partial charge >= 0.3 is 0 Å². The summed E-state index contributed by atoms with van der Waals surface area (Å²) in [6.07, 6.45) is 1.52. The molecular formula is C18H21N5O. The first kappa shape index (κ1) is 15.1. The molecule has 2 N–H and O–H groups in total. The second-order valence-corrected chi connectivity index (χ2v) is 6.21. The minimum absolute atomic E-state index is 0.509. The lowest BCUT2D eigenvalue weighted by atomic mass is 10.0. The molecule has 124 valence electrons. The molecule has 4 rings (SSSR count). The van der Waals surface area contributed by atoms with Gasteiger partial charge in [0.05, 0.1) is 18.9 Å². The smallest absolute Gasteiger partial charge is 0.151 e. The normalized spacial score (nSPS) is 15.9. The van der Waals surface area contributed by atoms with E-state index in [-0.39, 0.29) is 0 Å². The molecule has 1 saturated heterocycles. The number of rotatable bonds is 3. The average molecular weight is 323 g/mol. The van der Waals surface area contributed by atoms with E-state index in [4.69, 9.17) is 10.5 Å². The summed E-state index contributed by atoms with van der Waals surface area (Å²) in [4.78, 5) is 6.57. The van der Waals surface area contributed by atoms with Gasteiger partial charge in [0.1, 0.15) is 11.8 Å². The molecule has 2 aromatic heterocycles. The average Bonchev–Trinajstić information content (AvgIpc) is 2.96. The van der Waals surface area contributed by atoms with Gasteiger partial charge in [-0.2, -0.15) is 5.10 Å². The third-order valence-corrected chi connectivity index (χ3v) is 4.47. The number of nitrogen functional groups attached to an aromatic ring is 1. The van der Waals surface area contributed by atoms with Crippen LogP contribution in [0.5, 0.6) is 0 Å². The van der Waals surface area contributed by atoms with Crippen molar-refractivity contribution in [2.24, 2.45) is 0 Å². The molecule has 6 heteroatoms. The van der Waals surface area contributed by atoms with Crippen molar-refractivity contribution in [3.05, 3.63) is 47.9 Å². The van der Waals surface area contributed by atoms with Crippen molar-refractivity contribution in [3.63, 3.8) is 0 Å². The predicted octanol–water partition coefficient (Wildman–Crippen LogP) is 2.12. The Hall–Kier alpha value is -2.44. The fourth-order valence-corrected chi connectivity index (χ4v) is 3.27. The number of hydrogen-bond acceptors (Lipinski definition) is 5. The van der Waals surface area contributed by atoms with Gasteiger partial charge < -0.3 is 10.5 Å². The van der Waals surface area contributed by atoms with Crippen LogP contribution in [0, 0.1) is 6.92 Å². The quantitative estimate of drug-likeness (QED) is 0.799. The number of nitrogens with two attached hydrogens (primary N) is 1. The maximum atomic E-state index is 6.17. The molecule has 0 spiro atoms. The van der Waals surface area contributed by atoms with Crippen LogP contribution in [0.2, 0.25) is 0 Å². The lowest BCUT2D eigenvalue weighted by Gasteiger charge is -2.26. The van der Waals surface area contributed by atoms with Crippen LogP contribution in [0.15, 0.2) is 36.7 Å². The minimum atomic E-state index is 0.509. The van der Waals surface area contributed by atoms with Crippen molar-refractivity contribution in [2.75, 3.05) is 32.0 Å². The fraction of sp³-hybridized carbons (Fsp3) is 0.333. The van der Waals surface area contributed by atoms with Crippen molar-refractivity contribution in [1.82, 2.24) is 19.5 Å². The second-order valence-electron chi connectivity index (χ2n) is 6.21. The number of fused-ring (bicyclic) bond motifs is 1. The van der Waals surface area contributed by atoms with E-state index in [1.165, 1.54) is 11.9 Å². The Balaban J connectivity index is 1.82. The van der Waals surface area contributed by atoms with Crippen LogP contribution >= 0.6 is 0 Å². The molecule has 24 heavy (non-hydrogen) atoms. The van der Waals surface area contributed by atoms with Crippen LogP contribution in [0.25, 0.3) is 16.6 Å². The van der Waals surface area contributed by atoms with Crippen LogP contribution in [0.1, 0.15) is 11.3 Å². The van der Waals surface area contributed by atoms with Gasteiger partial charge in [-0.25, -0.2) is 9.50 Å². The Morgan fingerprint density at radius 1 is 1.21 bits per heavy atom. The summed E-state index contributed by atoms with van der Waals surface area (Å²) in [5.41, 5.74) is 11.6. The summed E-state index contributed by atoms with van der Waals surface area (Å²) in [5.74, 6) is 0.509. The Morgan fingerprint density at radius 3 is 2.83 bits per heavy atom. The number of anilines is 1. The van der Waals surface area contributed by atoms with Gasteiger partial charge in [0.15, 0.2) is 5.82 Å². The zero-order valence-electron chi connectivity index (χ0n) is 13.8. The number of hydrogen-bond donors (Lipinski definition) is 1. The molecule has 0 bridgehead atoms. The molecule has 1 aliphatic heterocycles. The molecule has 3 heterocycles. The van der Waals surface area contributed by atoms with Gasteiger partial charge in [-0.3, -0.25) is 4.90 Å². The van der Waals surface area contributed by atoms with Gasteiger partial charge in [0, 0.05) is 25.2 Å². The van der Waals surface area contributed by atoms with Crippen LogP contribution < -0.4 is 5.73 Å². The van der Waals surface area contributed by atoms with Gasteiger partial charge in [-0.15, -0.1) is 0 Å². The lowest BCUT2D eigenvalue weighted by molar-refractivity contribution is 0.0334. The van der Waals surface area contributed by atoms with Crippen molar-refractivity contribution < 1.29 is 4.74 Å². The highest BCUT2D eigenvalue weighted by Gasteiger charge is 2.18. The van der Waals surface area contributed by atoms with Crippen molar-refractivity contribution in [3.8, 4) is 11.1 Å². The standard InChI is InChI=1S/C18H21N5O/c1-13-3-2-4-14(9-13)16-10-15(11-22-5-7-24-8-6-22)23-17(16)18(19)20-12-21-23/h2-4,9-10,12H,5-8,11H2,1H3,(H2,19,20,21). The Bertz CT molecular complexity index is 867. The number of aromatic nitrogens is 3. The topological polar surface area (TPSA) is 68.7 Å². The first-order chi connectivity index (χ1) is 11.7. The van der Waals surface area contributed by atoms with Crippen LogP contribution in [0.3, 0.4) is 0 Å². The van der Waals surface area contributed by atoms with Crippen molar-refractivity contribution >= 4 is 11.3 Å². The maximum absolute atomic E-state index is 6.17. The molecule has 0 saturated carbocycles. The first-order valence-corrected chi connectivity index (χ1v) is 8.20. The summed E-state index contributed by atoms with van der Waals surface area (Å²) in [7, 11) is 0. The van der Waals surface area contributed by atoms with Crippen molar-refractivity contribution in [1.29, 1.82) is 0 Å². The summed E-state index contributed by atoms with van der Waals surface area (Å²) in [6, 6.07) is 10.6. The highest BCUT2D eigenvalue weighted by Crippen LogP contribution is 2.31. The molecule has 1 aromatic carbocycles. The number of ether oxygens (including phenoxy) is 1. The largest absolute Gasteiger partial charge is 0.382 e. The summed E-state index contributed by atoms with van der Waals surface area (Å²) < 4.78 is 7.36. The number of morpholine rings is 1. The van der Waals surface area contributed by atoms with E-state index in [2.05, 4.69) is 52.2 Å². The van der Waals surface area contributed by atoms with Gasteiger partial charge in [-0.05, 0) is 18.6 Å². The minimum Gasteiger partial charge on any atom is -0.382 e. The fourth-order valence-electron chi connectivity index (χ4n) is 3.27. The monoisotopic (exact) mass is 323 g/mol. The molecule has 1 fully saturated rings. The van der Waals surface area contributed by atoms with Crippen LogP contribution in [0.4, 0.5) is 5.82 Å². The van der Waals surface area contributed by atoms with Crippen molar-refractivity contribution in [2.45, 2.75) is 13.5 Å². The predicted molar refractivity (Wildman–Crippen MR) is 93.7 cm³/mol. The first-order valence-electron chi connectivity index (χ1n) is 8.20. The molecule has 0 radical (unpaired) electrons. The lowest BCUT2D eigenvalue weighted by Crippen LogP contribution is -2.36. The van der Waals surface area contributed by atoms with E-state index in [1.54, 1.807) is 0 Å². The molecule has 6 nitrogen and oxygen atoms in total. The number of nitrogens with zero attached hydrogens (tertiary/aromatic N) is 4. The Morgan fingerprint density at radius 2 is 2.04 bits per heavy atom. The maximum Gasteiger partial charge on any atom is 0.151 e. The number of aryl methyl sites for hydroxylation is 1. The zero-order chi connectivity index (χ0) is 16.5. The summed E-state index contributed by atoms with van der Waals surface area (Å²) >= 11 is 0. The Kier molecular flexibility index (Phi) is 3.92. The van der Waals surface area contributed by atoms with E-state index >= 15 is 0 Å². The van der Waals surface area contributed by atoms with E-state index in [0.717, 1.165) is 55.2 Å². The molecule has 0 amide bonds. The van der Waals surface area contributed by atoms with Gasteiger partial charge in [0.2, 0.25) is 0 Å². The second kappa shape index (κ2) is 6.22. The highest BCUT2D eigenvalue weighted by atomic mass is 16.5. The summed E-state index contributed by atoms with van der Waals surface area (Å²) in [6.45, 7) is 6.36. The Labute approximate surface area is 140 Å². The third kappa shape index (κ3) is 2.74.